The number of benzene rings is 3. The maximum absolute atomic E-state index is 11.2. The number of carbonyl (C=O) groups excluding carboxylic acids is 1. The molecule has 1 heterocycles. The highest BCUT2D eigenvalue weighted by Crippen LogP contribution is 2.28. The first-order chi connectivity index (χ1) is 18.2. The van der Waals surface area contributed by atoms with Crippen LogP contribution in [0.5, 0.6) is 11.5 Å². The summed E-state index contributed by atoms with van der Waals surface area (Å²) in [4.78, 5) is 26.8. The summed E-state index contributed by atoms with van der Waals surface area (Å²) in [5, 5.41) is 9.19. The number of carbonyl (C=O) groups is 2. The molecule has 0 aliphatic heterocycles. The standard InChI is InChI=1S/C29H27NO6.C2H6/c1-19-26(15-16-34-24-11-13-25(14-12-24)36-29(2,3)28(32)33)30-27(35-19)23-6-4-5-22(17-23)21-9-7-20(18-31)8-10-21;1-2/h4-14,17-18H,15-16H2,1-3H3,(H,32,33);1-2H3. The van der Waals surface area contributed by atoms with E-state index in [-0.39, 0.29) is 0 Å². The smallest absolute Gasteiger partial charge is 0.347 e. The molecule has 0 radical (unpaired) electrons. The molecule has 0 amide bonds. The minimum absolute atomic E-state index is 0.400. The van der Waals surface area contributed by atoms with Crippen LogP contribution >= 0.6 is 0 Å². The zero-order chi connectivity index (χ0) is 27.7. The number of carboxylic acids is 1. The summed E-state index contributed by atoms with van der Waals surface area (Å²) in [6, 6.07) is 22.2. The quantitative estimate of drug-likeness (QED) is 0.227. The predicted octanol–water partition coefficient (Wildman–Crippen LogP) is 7.02. The number of hydrogen-bond acceptors (Lipinski definition) is 6. The number of rotatable bonds is 10. The molecule has 38 heavy (non-hydrogen) atoms. The predicted molar refractivity (Wildman–Crippen MR) is 147 cm³/mol. The molecule has 0 saturated heterocycles. The third-order valence-electron chi connectivity index (χ3n) is 5.70. The van der Waals surface area contributed by atoms with Crippen molar-refractivity contribution < 1.29 is 28.6 Å². The van der Waals surface area contributed by atoms with E-state index in [1.807, 2.05) is 57.2 Å². The van der Waals surface area contributed by atoms with Crippen molar-refractivity contribution in [1.82, 2.24) is 4.98 Å². The van der Waals surface area contributed by atoms with E-state index in [2.05, 4.69) is 4.98 Å². The molecule has 0 fully saturated rings. The summed E-state index contributed by atoms with van der Waals surface area (Å²) in [6.07, 6.45) is 1.39. The number of ether oxygens (including phenoxy) is 2. The molecule has 3 aromatic carbocycles. The lowest BCUT2D eigenvalue weighted by Crippen LogP contribution is -2.37. The molecule has 0 spiro atoms. The van der Waals surface area contributed by atoms with Gasteiger partial charge < -0.3 is 19.0 Å². The van der Waals surface area contributed by atoms with Gasteiger partial charge in [0, 0.05) is 17.5 Å². The van der Waals surface area contributed by atoms with Crippen molar-refractivity contribution in [1.29, 1.82) is 0 Å². The van der Waals surface area contributed by atoms with Crippen molar-refractivity contribution in [3.05, 3.63) is 89.8 Å². The van der Waals surface area contributed by atoms with Gasteiger partial charge in [-0.05, 0) is 68.3 Å². The largest absolute Gasteiger partial charge is 0.493 e. The Morgan fingerprint density at radius 2 is 1.58 bits per heavy atom. The van der Waals surface area contributed by atoms with Crippen LogP contribution in [-0.4, -0.2) is 34.6 Å². The summed E-state index contributed by atoms with van der Waals surface area (Å²) in [5.74, 6) is 1.33. The normalized spacial score (nSPS) is 10.8. The van der Waals surface area contributed by atoms with E-state index < -0.39 is 11.6 Å². The fourth-order valence-electron chi connectivity index (χ4n) is 3.58. The van der Waals surface area contributed by atoms with Gasteiger partial charge in [-0.25, -0.2) is 9.78 Å². The molecule has 198 valence electrons. The Labute approximate surface area is 223 Å². The molecule has 0 saturated carbocycles. The Morgan fingerprint density at radius 3 is 2.21 bits per heavy atom. The first-order valence-electron chi connectivity index (χ1n) is 12.5. The maximum Gasteiger partial charge on any atom is 0.347 e. The molecule has 4 rings (SSSR count). The van der Waals surface area contributed by atoms with Gasteiger partial charge in [0.25, 0.3) is 0 Å². The van der Waals surface area contributed by atoms with Crippen LogP contribution in [0.2, 0.25) is 0 Å². The number of aromatic nitrogens is 1. The van der Waals surface area contributed by atoms with Crippen LogP contribution < -0.4 is 9.47 Å². The fourth-order valence-corrected chi connectivity index (χ4v) is 3.58. The Kier molecular flexibility index (Phi) is 9.44. The van der Waals surface area contributed by atoms with Crippen molar-refractivity contribution in [2.75, 3.05) is 6.61 Å². The second-order valence-corrected chi connectivity index (χ2v) is 8.83. The van der Waals surface area contributed by atoms with E-state index in [1.165, 1.54) is 13.8 Å². The number of oxazole rings is 1. The van der Waals surface area contributed by atoms with E-state index in [0.717, 1.165) is 34.4 Å². The highest BCUT2D eigenvalue weighted by atomic mass is 16.5. The lowest BCUT2D eigenvalue weighted by Gasteiger charge is -2.21. The lowest BCUT2D eigenvalue weighted by molar-refractivity contribution is -0.152. The van der Waals surface area contributed by atoms with Gasteiger partial charge in [-0.3, -0.25) is 4.79 Å². The molecular weight excluding hydrogens is 482 g/mol. The molecule has 1 aromatic heterocycles. The summed E-state index contributed by atoms with van der Waals surface area (Å²) in [6.45, 7) is 9.27. The summed E-state index contributed by atoms with van der Waals surface area (Å²) in [5.41, 5.74) is 3.00. The Hall–Kier alpha value is -4.39. The van der Waals surface area contributed by atoms with Crippen molar-refractivity contribution in [2.24, 2.45) is 0 Å². The summed E-state index contributed by atoms with van der Waals surface area (Å²) < 4.78 is 17.3. The highest BCUT2D eigenvalue weighted by molar-refractivity contribution is 5.78. The molecule has 7 heteroatoms. The molecule has 7 nitrogen and oxygen atoms in total. The van der Waals surface area contributed by atoms with Crippen LogP contribution in [0.4, 0.5) is 0 Å². The zero-order valence-corrected chi connectivity index (χ0v) is 22.4. The van der Waals surface area contributed by atoms with Gasteiger partial charge in [-0.15, -0.1) is 0 Å². The minimum atomic E-state index is -1.31. The molecule has 0 unspecified atom stereocenters. The van der Waals surface area contributed by atoms with Crippen molar-refractivity contribution in [3.8, 4) is 34.1 Å². The number of hydrogen-bond donors (Lipinski definition) is 1. The van der Waals surface area contributed by atoms with Gasteiger partial charge in [0.2, 0.25) is 5.89 Å². The Morgan fingerprint density at radius 1 is 0.947 bits per heavy atom. The number of carboxylic acid groups (broad SMARTS) is 1. The monoisotopic (exact) mass is 515 g/mol. The van der Waals surface area contributed by atoms with Crippen molar-refractivity contribution in [2.45, 2.75) is 46.6 Å². The first kappa shape index (κ1) is 28.2. The van der Waals surface area contributed by atoms with E-state index in [0.29, 0.717) is 36.0 Å². The van der Waals surface area contributed by atoms with Gasteiger partial charge >= 0.3 is 5.97 Å². The second kappa shape index (κ2) is 12.7. The van der Waals surface area contributed by atoms with Crippen LogP contribution in [0.1, 0.15) is 49.5 Å². The van der Waals surface area contributed by atoms with E-state index in [9.17, 15) is 14.7 Å². The number of aldehydes is 1. The van der Waals surface area contributed by atoms with E-state index >= 15 is 0 Å². The van der Waals surface area contributed by atoms with Gasteiger partial charge in [0.05, 0.1) is 12.3 Å². The molecule has 0 bridgehead atoms. The van der Waals surface area contributed by atoms with Gasteiger partial charge in [0.1, 0.15) is 23.5 Å². The third kappa shape index (κ3) is 7.09. The number of aryl methyl sites for hydroxylation is 1. The van der Waals surface area contributed by atoms with Crippen LogP contribution in [0.3, 0.4) is 0 Å². The SMILES string of the molecule is CC.Cc1oc(-c2cccc(-c3ccc(C=O)cc3)c2)nc1CCOc1ccc(OC(C)(C)C(=O)O)cc1. The highest BCUT2D eigenvalue weighted by Gasteiger charge is 2.29. The second-order valence-electron chi connectivity index (χ2n) is 8.83. The van der Waals surface area contributed by atoms with Gasteiger partial charge in [-0.1, -0.05) is 50.2 Å². The van der Waals surface area contributed by atoms with Crippen LogP contribution in [0, 0.1) is 6.92 Å². The summed E-state index contributed by atoms with van der Waals surface area (Å²) in [7, 11) is 0. The van der Waals surface area contributed by atoms with Crippen molar-refractivity contribution in [3.63, 3.8) is 0 Å². The molecule has 0 aliphatic carbocycles. The van der Waals surface area contributed by atoms with Crippen LogP contribution in [-0.2, 0) is 11.2 Å². The summed E-state index contributed by atoms with van der Waals surface area (Å²) >= 11 is 0. The average molecular weight is 516 g/mol. The Balaban J connectivity index is 0.00000195. The maximum atomic E-state index is 11.2. The third-order valence-corrected chi connectivity index (χ3v) is 5.70. The van der Waals surface area contributed by atoms with E-state index in [4.69, 9.17) is 13.9 Å². The van der Waals surface area contributed by atoms with Crippen molar-refractivity contribution >= 4 is 12.3 Å². The number of aliphatic carboxylic acids is 1. The van der Waals surface area contributed by atoms with E-state index in [1.54, 1.807) is 36.4 Å². The van der Waals surface area contributed by atoms with Crippen LogP contribution in [0.25, 0.3) is 22.6 Å². The topological polar surface area (TPSA) is 98.9 Å². The Bertz CT molecular complexity index is 1350. The van der Waals surface area contributed by atoms with Crippen LogP contribution in [0.15, 0.2) is 77.2 Å². The average Bonchev–Trinajstić information content (AvgIpc) is 3.31. The molecule has 0 atom stereocenters. The molecule has 4 aromatic rings. The first-order valence-corrected chi connectivity index (χ1v) is 12.5. The molecule has 0 aliphatic rings. The van der Waals surface area contributed by atoms with Gasteiger partial charge in [0.15, 0.2) is 5.60 Å². The molecule has 1 N–H and O–H groups in total. The molecular formula is C31H33NO6. The lowest BCUT2D eigenvalue weighted by atomic mass is 10.0. The fraction of sp³-hybridized carbons (Fsp3) is 0.258. The zero-order valence-electron chi connectivity index (χ0n) is 22.4. The minimum Gasteiger partial charge on any atom is -0.493 e. The number of nitrogens with zero attached hydrogens (tertiary/aromatic N) is 1. The van der Waals surface area contributed by atoms with Gasteiger partial charge in [-0.2, -0.15) is 0 Å².